The van der Waals surface area contributed by atoms with Crippen LogP contribution >= 0.6 is 0 Å². The van der Waals surface area contributed by atoms with E-state index in [0.717, 1.165) is 29.7 Å². The molecule has 2 unspecified atom stereocenters. The van der Waals surface area contributed by atoms with Crippen LogP contribution in [-0.2, 0) is 0 Å². The molecular formula is C17H20N2O2. The van der Waals surface area contributed by atoms with Gasteiger partial charge in [-0.05, 0) is 29.7 Å². The van der Waals surface area contributed by atoms with Gasteiger partial charge in [-0.3, -0.25) is 0 Å². The Balaban J connectivity index is 2.13. The maximum absolute atomic E-state index is 11.3. The normalized spacial score (nSPS) is 22.5. The van der Waals surface area contributed by atoms with Crippen molar-refractivity contribution < 1.29 is 9.90 Å². The molecule has 3 rings (SSSR count). The maximum atomic E-state index is 11.3. The Labute approximate surface area is 124 Å². The van der Waals surface area contributed by atoms with Gasteiger partial charge in [0.1, 0.15) is 5.82 Å². The number of carboxylic acid groups (broad SMARTS) is 1. The highest BCUT2D eigenvalue weighted by Crippen LogP contribution is 2.31. The van der Waals surface area contributed by atoms with Crippen LogP contribution in [0.2, 0.25) is 0 Å². The summed E-state index contributed by atoms with van der Waals surface area (Å²) in [6, 6.07) is 9.53. The summed E-state index contributed by atoms with van der Waals surface area (Å²) in [4.78, 5) is 18.0. The van der Waals surface area contributed by atoms with Crippen molar-refractivity contribution in [1.82, 2.24) is 4.98 Å². The van der Waals surface area contributed by atoms with E-state index in [0.29, 0.717) is 11.8 Å². The van der Waals surface area contributed by atoms with Crippen molar-refractivity contribution in [2.24, 2.45) is 11.8 Å². The quantitative estimate of drug-likeness (QED) is 0.918. The number of benzene rings is 1. The number of carboxylic acids is 1. The van der Waals surface area contributed by atoms with Crippen molar-refractivity contribution in [3.63, 3.8) is 0 Å². The molecule has 1 aliphatic heterocycles. The van der Waals surface area contributed by atoms with Crippen molar-refractivity contribution in [2.45, 2.75) is 20.3 Å². The standard InChI is InChI=1S/C17H20N2O2/c1-11-7-12(2)10-19(9-11)16-14-6-4-3-5-13(14)8-15(18-16)17(20)21/h3-6,8,11-12H,7,9-10H2,1-2H3,(H,20,21). The predicted molar refractivity (Wildman–Crippen MR) is 83.9 cm³/mol. The molecule has 2 atom stereocenters. The predicted octanol–water partition coefficient (Wildman–Crippen LogP) is 3.42. The van der Waals surface area contributed by atoms with Crippen LogP contribution in [0.25, 0.3) is 10.8 Å². The molecule has 2 aromatic rings. The number of hydrogen-bond acceptors (Lipinski definition) is 3. The lowest BCUT2D eigenvalue weighted by Crippen LogP contribution is -2.39. The maximum Gasteiger partial charge on any atom is 0.354 e. The van der Waals surface area contributed by atoms with Gasteiger partial charge in [0.05, 0.1) is 0 Å². The molecule has 2 heterocycles. The van der Waals surface area contributed by atoms with E-state index in [2.05, 4.69) is 23.7 Å². The Morgan fingerprint density at radius 1 is 1.24 bits per heavy atom. The van der Waals surface area contributed by atoms with Crippen molar-refractivity contribution in [2.75, 3.05) is 18.0 Å². The number of pyridine rings is 1. The van der Waals surface area contributed by atoms with Crippen molar-refractivity contribution >= 4 is 22.6 Å². The van der Waals surface area contributed by atoms with E-state index in [4.69, 9.17) is 0 Å². The van der Waals surface area contributed by atoms with Gasteiger partial charge in [0.15, 0.2) is 5.69 Å². The molecule has 0 saturated carbocycles. The molecular weight excluding hydrogens is 264 g/mol. The SMILES string of the molecule is CC1CC(C)CN(c2nc(C(=O)O)cc3ccccc23)C1. The molecule has 1 saturated heterocycles. The van der Waals surface area contributed by atoms with Crippen LogP contribution in [0.3, 0.4) is 0 Å². The van der Waals surface area contributed by atoms with Gasteiger partial charge < -0.3 is 10.0 Å². The van der Waals surface area contributed by atoms with E-state index in [9.17, 15) is 9.90 Å². The van der Waals surface area contributed by atoms with E-state index < -0.39 is 5.97 Å². The smallest absolute Gasteiger partial charge is 0.354 e. The molecule has 0 spiro atoms. The Kier molecular flexibility index (Phi) is 3.53. The van der Waals surface area contributed by atoms with Crippen LogP contribution < -0.4 is 4.90 Å². The van der Waals surface area contributed by atoms with E-state index >= 15 is 0 Å². The third-order valence-corrected chi connectivity index (χ3v) is 4.11. The summed E-state index contributed by atoms with van der Waals surface area (Å²) < 4.78 is 0. The zero-order valence-corrected chi connectivity index (χ0v) is 12.4. The van der Waals surface area contributed by atoms with Gasteiger partial charge >= 0.3 is 5.97 Å². The monoisotopic (exact) mass is 284 g/mol. The second kappa shape index (κ2) is 5.35. The first-order valence-electron chi connectivity index (χ1n) is 7.42. The third-order valence-electron chi connectivity index (χ3n) is 4.11. The van der Waals surface area contributed by atoms with Crippen LogP contribution in [0.4, 0.5) is 5.82 Å². The fourth-order valence-corrected chi connectivity index (χ4v) is 3.37. The molecule has 1 aromatic heterocycles. The number of piperidine rings is 1. The van der Waals surface area contributed by atoms with Crippen LogP contribution in [0.5, 0.6) is 0 Å². The van der Waals surface area contributed by atoms with Crippen molar-refractivity contribution in [3.8, 4) is 0 Å². The zero-order valence-electron chi connectivity index (χ0n) is 12.4. The summed E-state index contributed by atoms with van der Waals surface area (Å²) in [7, 11) is 0. The summed E-state index contributed by atoms with van der Waals surface area (Å²) in [6.07, 6.45) is 1.22. The molecule has 4 nitrogen and oxygen atoms in total. The van der Waals surface area contributed by atoms with Crippen LogP contribution in [-0.4, -0.2) is 29.1 Å². The fourth-order valence-electron chi connectivity index (χ4n) is 3.37. The Morgan fingerprint density at radius 2 is 1.90 bits per heavy atom. The first-order chi connectivity index (χ1) is 10.0. The highest BCUT2D eigenvalue weighted by Gasteiger charge is 2.25. The van der Waals surface area contributed by atoms with Gasteiger partial charge in [0.25, 0.3) is 0 Å². The van der Waals surface area contributed by atoms with Gasteiger partial charge in [0.2, 0.25) is 0 Å². The van der Waals surface area contributed by atoms with Gasteiger partial charge in [-0.15, -0.1) is 0 Å². The summed E-state index contributed by atoms with van der Waals surface area (Å²) >= 11 is 0. The third kappa shape index (κ3) is 2.71. The summed E-state index contributed by atoms with van der Waals surface area (Å²) in [6.45, 7) is 6.35. The minimum Gasteiger partial charge on any atom is -0.477 e. The minimum absolute atomic E-state index is 0.120. The van der Waals surface area contributed by atoms with Gasteiger partial charge in [-0.1, -0.05) is 38.1 Å². The molecule has 1 fully saturated rings. The molecule has 0 bridgehead atoms. The number of anilines is 1. The second-order valence-electron chi connectivity index (χ2n) is 6.21. The second-order valence-corrected chi connectivity index (χ2v) is 6.21. The zero-order chi connectivity index (χ0) is 15.0. The molecule has 1 aliphatic rings. The van der Waals surface area contributed by atoms with Gasteiger partial charge in [-0.2, -0.15) is 0 Å². The Bertz CT molecular complexity index is 674. The summed E-state index contributed by atoms with van der Waals surface area (Å²) in [5.41, 5.74) is 0.120. The topological polar surface area (TPSA) is 53.4 Å². The average Bonchev–Trinajstić information content (AvgIpc) is 2.45. The minimum atomic E-state index is -0.972. The van der Waals surface area contributed by atoms with Gasteiger partial charge in [-0.25, -0.2) is 9.78 Å². The molecule has 1 aromatic carbocycles. The molecule has 4 heteroatoms. The highest BCUT2D eigenvalue weighted by atomic mass is 16.4. The van der Waals surface area contributed by atoms with Crippen molar-refractivity contribution in [3.05, 3.63) is 36.0 Å². The van der Waals surface area contributed by atoms with E-state index in [-0.39, 0.29) is 5.69 Å². The molecule has 1 N–H and O–H groups in total. The highest BCUT2D eigenvalue weighted by molar-refractivity contribution is 5.98. The van der Waals surface area contributed by atoms with Crippen LogP contribution in [0, 0.1) is 11.8 Å². The van der Waals surface area contributed by atoms with E-state index in [1.54, 1.807) is 6.07 Å². The van der Waals surface area contributed by atoms with Crippen LogP contribution in [0.1, 0.15) is 30.8 Å². The fraction of sp³-hybridized carbons (Fsp3) is 0.412. The number of aromatic nitrogens is 1. The summed E-state index contributed by atoms with van der Waals surface area (Å²) in [5, 5.41) is 11.3. The number of carbonyl (C=O) groups is 1. The molecule has 21 heavy (non-hydrogen) atoms. The average molecular weight is 284 g/mol. The van der Waals surface area contributed by atoms with E-state index in [1.165, 1.54) is 6.42 Å². The number of aromatic carboxylic acids is 1. The number of nitrogens with zero attached hydrogens (tertiary/aromatic N) is 2. The number of rotatable bonds is 2. The lowest BCUT2D eigenvalue weighted by atomic mass is 9.91. The number of hydrogen-bond donors (Lipinski definition) is 1. The summed E-state index contributed by atoms with van der Waals surface area (Å²) in [5.74, 6) is 1.04. The van der Waals surface area contributed by atoms with Crippen molar-refractivity contribution in [1.29, 1.82) is 0 Å². The van der Waals surface area contributed by atoms with Gasteiger partial charge in [0, 0.05) is 18.5 Å². The molecule has 0 radical (unpaired) electrons. The molecule has 0 aliphatic carbocycles. The lowest BCUT2D eigenvalue weighted by molar-refractivity contribution is 0.0691. The lowest BCUT2D eigenvalue weighted by Gasteiger charge is -2.36. The van der Waals surface area contributed by atoms with Crippen LogP contribution in [0.15, 0.2) is 30.3 Å². The largest absolute Gasteiger partial charge is 0.477 e. The number of fused-ring (bicyclic) bond motifs is 1. The Morgan fingerprint density at radius 3 is 2.57 bits per heavy atom. The first-order valence-corrected chi connectivity index (χ1v) is 7.42. The molecule has 0 amide bonds. The first kappa shape index (κ1) is 13.9. The molecule has 110 valence electrons. The van der Waals surface area contributed by atoms with E-state index in [1.807, 2.05) is 24.3 Å². The Hall–Kier alpha value is -2.10.